The minimum absolute atomic E-state index is 0.0360. The van der Waals surface area contributed by atoms with Crippen LogP contribution < -0.4 is 0 Å². The van der Waals surface area contributed by atoms with Crippen molar-refractivity contribution < 1.29 is 8.78 Å². The fourth-order valence-electron chi connectivity index (χ4n) is 3.51. The Labute approximate surface area is 105 Å². The number of hydrogen-bond acceptors (Lipinski definition) is 0. The normalized spacial score (nSPS) is 31.1. The summed E-state index contributed by atoms with van der Waals surface area (Å²) < 4.78 is 28.8. The molecule has 0 bridgehead atoms. The van der Waals surface area contributed by atoms with Crippen LogP contribution in [0.1, 0.15) is 67.2 Å². The van der Waals surface area contributed by atoms with E-state index in [4.69, 9.17) is 0 Å². The van der Waals surface area contributed by atoms with Crippen LogP contribution in [0.3, 0.4) is 0 Å². The number of halogens is 2. The molecule has 0 aromatic heterocycles. The fourth-order valence-corrected chi connectivity index (χ4v) is 3.51. The van der Waals surface area contributed by atoms with Gasteiger partial charge < -0.3 is 0 Å². The van der Waals surface area contributed by atoms with E-state index in [-0.39, 0.29) is 23.2 Å². The zero-order valence-electron chi connectivity index (χ0n) is 12.2. The van der Waals surface area contributed by atoms with Crippen molar-refractivity contribution in [3.8, 4) is 0 Å². The van der Waals surface area contributed by atoms with Crippen molar-refractivity contribution in [1.29, 1.82) is 0 Å². The van der Waals surface area contributed by atoms with Crippen LogP contribution in [0.5, 0.6) is 0 Å². The Hall–Kier alpha value is -0.140. The van der Waals surface area contributed by atoms with E-state index >= 15 is 0 Å². The standard InChI is InChI=1S/C15H28F2/c1-13(2,3)11-9-7-8-10-15(16,17)12(11)14(4,5)6/h11-12H,7-10H2,1-6H3. The molecule has 0 amide bonds. The Morgan fingerprint density at radius 1 is 0.882 bits per heavy atom. The number of alkyl halides is 2. The van der Waals surface area contributed by atoms with E-state index in [0.717, 1.165) is 12.8 Å². The first kappa shape index (κ1) is 14.9. The SMILES string of the molecule is CC(C)(C)C1CCCCC(F)(F)C1C(C)(C)C. The van der Waals surface area contributed by atoms with E-state index in [9.17, 15) is 8.78 Å². The van der Waals surface area contributed by atoms with Gasteiger partial charge in [0.2, 0.25) is 0 Å². The van der Waals surface area contributed by atoms with Crippen LogP contribution >= 0.6 is 0 Å². The van der Waals surface area contributed by atoms with Crippen molar-refractivity contribution in [3.05, 3.63) is 0 Å². The average Bonchev–Trinajstić information content (AvgIpc) is 2.20. The van der Waals surface area contributed by atoms with Crippen molar-refractivity contribution in [2.24, 2.45) is 22.7 Å². The Bertz CT molecular complexity index is 255. The molecule has 0 aromatic rings. The molecule has 1 aliphatic carbocycles. The van der Waals surface area contributed by atoms with Gasteiger partial charge in [-0.05, 0) is 29.6 Å². The maximum Gasteiger partial charge on any atom is 0.251 e. The van der Waals surface area contributed by atoms with Crippen LogP contribution in [0, 0.1) is 22.7 Å². The predicted molar refractivity (Wildman–Crippen MR) is 69.3 cm³/mol. The van der Waals surface area contributed by atoms with E-state index in [1.165, 1.54) is 0 Å². The lowest BCUT2D eigenvalue weighted by Crippen LogP contribution is -2.45. The summed E-state index contributed by atoms with van der Waals surface area (Å²) >= 11 is 0. The molecule has 2 atom stereocenters. The summed E-state index contributed by atoms with van der Waals surface area (Å²) in [5.74, 6) is -2.90. The maximum absolute atomic E-state index is 14.4. The van der Waals surface area contributed by atoms with Crippen LogP contribution in [-0.4, -0.2) is 5.92 Å². The smallest absolute Gasteiger partial charge is 0.207 e. The summed E-state index contributed by atoms with van der Waals surface area (Å²) in [6, 6.07) is 0. The third kappa shape index (κ3) is 3.42. The first-order valence-corrected chi connectivity index (χ1v) is 6.84. The van der Waals surface area contributed by atoms with E-state index in [2.05, 4.69) is 20.8 Å². The number of rotatable bonds is 0. The molecule has 1 rings (SSSR count). The molecule has 102 valence electrons. The van der Waals surface area contributed by atoms with Crippen LogP contribution in [0.4, 0.5) is 8.78 Å². The maximum atomic E-state index is 14.4. The highest BCUT2D eigenvalue weighted by Gasteiger charge is 2.53. The van der Waals surface area contributed by atoms with Gasteiger partial charge >= 0.3 is 0 Å². The molecule has 0 saturated heterocycles. The molecule has 1 fully saturated rings. The summed E-state index contributed by atoms with van der Waals surface area (Å²) in [5, 5.41) is 0. The summed E-state index contributed by atoms with van der Waals surface area (Å²) in [6.07, 6.45) is 2.64. The van der Waals surface area contributed by atoms with Gasteiger partial charge in [-0.1, -0.05) is 48.0 Å². The van der Waals surface area contributed by atoms with Gasteiger partial charge in [-0.15, -0.1) is 0 Å². The van der Waals surface area contributed by atoms with Gasteiger partial charge in [0.15, 0.2) is 0 Å². The van der Waals surface area contributed by atoms with Crippen LogP contribution in [-0.2, 0) is 0 Å². The minimum atomic E-state index is -2.51. The van der Waals surface area contributed by atoms with Gasteiger partial charge in [0.05, 0.1) is 0 Å². The van der Waals surface area contributed by atoms with Gasteiger partial charge in [0, 0.05) is 12.3 Å². The van der Waals surface area contributed by atoms with Crippen molar-refractivity contribution in [2.75, 3.05) is 0 Å². The van der Waals surface area contributed by atoms with Gasteiger partial charge in [0.25, 0.3) is 5.92 Å². The third-order valence-corrected chi connectivity index (χ3v) is 4.18. The first-order chi connectivity index (χ1) is 7.46. The average molecular weight is 246 g/mol. The molecule has 1 saturated carbocycles. The molecule has 17 heavy (non-hydrogen) atoms. The molecule has 0 radical (unpaired) electrons. The molecule has 2 unspecified atom stereocenters. The van der Waals surface area contributed by atoms with E-state index in [1.54, 1.807) is 0 Å². The summed E-state index contributed by atoms with van der Waals surface area (Å²) in [4.78, 5) is 0. The molecule has 2 heteroatoms. The molecule has 0 aromatic carbocycles. The Balaban J connectivity index is 3.16. The lowest BCUT2D eigenvalue weighted by atomic mass is 9.61. The Morgan fingerprint density at radius 2 is 1.41 bits per heavy atom. The lowest BCUT2D eigenvalue weighted by Gasteiger charge is -2.46. The van der Waals surface area contributed by atoms with Crippen molar-refractivity contribution in [2.45, 2.75) is 73.1 Å². The van der Waals surface area contributed by atoms with Crippen molar-refractivity contribution in [3.63, 3.8) is 0 Å². The highest BCUT2D eigenvalue weighted by Crippen LogP contribution is 2.54. The van der Waals surface area contributed by atoms with E-state index in [1.807, 2.05) is 20.8 Å². The lowest BCUT2D eigenvalue weighted by molar-refractivity contribution is -0.138. The van der Waals surface area contributed by atoms with Gasteiger partial charge in [-0.25, -0.2) is 8.78 Å². The quantitative estimate of drug-likeness (QED) is 0.494. The topological polar surface area (TPSA) is 0 Å². The largest absolute Gasteiger partial charge is 0.251 e. The monoisotopic (exact) mass is 246 g/mol. The molecule has 1 aliphatic rings. The molecule has 0 spiro atoms. The van der Waals surface area contributed by atoms with Crippen LogP contribution in [0.15, 0.2) is 0 Å². The van der Waals surface area contributed by atoms with Gasteiger partial charge in [-0.3, -0.25) is 0 Å². The predicted octanol–water partition coefficient (Wildman–Crippen LogP) is 5.52. The van der Waals surface area contributed by atoms with Crippen LogP contribution in [0.2, 0.25) is 0 Å². The second-order valence-electron chi connectivity index (χ2n) is 7.82. The second-order valence-corrected chi connectivity index (χ2v) is 7.82. The van der Waals surface area contributed by atoms with Crippen LogP contribution in [0.25, 0.3) is 0 Å². The molecule has 0 aliphatic heterocycles. The highest BCUT2D eigenvalue weighted by atomic mass is 19.3. The van der Waals surface area contributed by atoms with Crippen molar-refractivity contribution >= 4 is 0 Å². The van der Waals surface area contributed by atoms with Crippen molar-refractivity contribution in [1.82, 2.24) is 0 Å². The molecule has 0 nitrogen and oxygen atoms in total. The summed E-state index contributed by atoms with van der Waals surface area (Å²) in [5.41, 5.74) is -0.364. The molecular weight excluding hydrogens is 218 g/mol. The third-order valence-electron chi connectivity index (χ3n) is 4.18. The van der Waals surface area contributed by atoms with Gasteiger partial charge in [0.1, 0.15) is 0 Å². The van der Waals surface area contributed by atoms with Gasteiger partial charge in [-0.2, -0.15) is 0 Å². The minimum Gasteiger partial charge on any atom is -0.207 e. The molecule has 0 N–H and O–H groups in total. The molecular formula is C15H28F2. The second kappa shape index (κ2) is 4.51. The summed E-state index contributed by atoms with van der Waals surface area (Å²) in [7, 11) is 0. The summed E-state index contributed by atoms with van der Waals surface area (Å²) in [6.45, 7) is 12.2. The number of hydrogen-bond donors (Lipinski definition) is 0. The first-order valence-electron chi connectivity index (χ1n) is 6.84. The zero-order valence-corrected chi connectivity index (χ0v) is 12.2. The molecule has 0 heterocycles. The van der Waals surface area contributed by atoms with E-state index < -0.39 is 11.8 Å². The zero-order chi connectivity index (χ0) is 13.5. The highest BCUT2D eigenvalue weighted by molar-refractivity contribution is 4.96. The Morgan fingerprint density at radius 3 is 1.82 bits per heavy atom. The Kier molecular flexibility index (Phi) is 3.96. The fraction of sp³-hybridized carbons (Fsp3) is 1.00. The van der Waals surface area contributed by atoms with E-state index in [0.29, 0.717) is 6.42 Å².